The Morgan fingerprint density at radius 1 is 1.40 bits per heavy atom. The van der Waals surface area contributed by atoms with Gasteiger partial charge in [-0.15, -0.1) is 0 Å². The number of benzene rings is 1. The summed E-state index contributed by atoms with van der Waals surface area (Å²) < 4.78 is 6.37. The average molecular weight is 270 g/mol. The number of hydrogen-bond donors (Lipinski definition) is 1. The van der Waals surface area contributed by atoms with E-state index in [2.05, 4.69) is 5.32 Å². The van der Waals surface area contributed by atoms with Crippen LogP contribution in [0, 0.1) is 0 Å². The average Bonchev–Trinajstić information content (AvgIpc) is 2.81. The first-order chi connectivity index (χ1) is 7.36. The number of carbonyl (C=O) groups excluding carboxylic acids is 1. The minimum atomic E-state index is -0.192. The third kappa shape index (κ3) is 3.06. The van der Waals surface area contributed by atoms with Crippen molar-refractivity contribution in [2.45, 2.75) is 18.9 Å². The number of rotatable bonds is 3. The Morgan fingerprint density at radius 2 is 2.20 bits per heavy atom. The molecule has 2 rings (SSSR count). The third-order valence-corrected chi connectivity index (χ3v) is 3.80. The van der Waals surface area contributed by atoms with Crippen LogP contribution >= 0.6 is 0 Å². The summed E-state index contributed by atoms with van der Waals surface area (Å²) in [5.41, 5.74) is 0. The van der Waals surface area contributed by atoms with Gasteiger partial charge in [-0.1, -0.05) is 0 Å². The van der Waals surface area contributed by atoms with E-state index in [1.54, 1.807) is 0 Å². The molecule has 0 amide bonds. The van der Waals surface area contributed by atoms with Gasteiger partial charge in [0.15, 0.2) is 0 Å². The second-order valence-electron chi connectivity index (χ2n) is 3.45. The van der Waals surface area contributed by atoms with Gasteiger partial charge < -0.3 is 0 Å². The molecule has 1 heterocycles. The van der Waals surface area contributed by atoms with Gasteiger partial charge in [-0.25, -0.2) is 0 Å². The van der Waals surface area contributed by atoms with E-state index < -0.39 is 0 Å². The quantitative estimate of drug-likeness (QED) is 0.799. The fourth-order valence-corrected chi connectivity index (χ4v) is 2.69. The summed E-state index contributed by atoms with van der Waals surface area (Å²) in [5, 5.41) is 3.13. The maximum atomic E-state index is 11.5. The van der Waals surface area contributed by atoms with Crippen LogP contribution in [0.15, 0.2) is 30.3 Å². The molecule has 0 saturated carbocycles. The van der Waals surface area contributed by atoms with Gasteiger partial charge in [0.05, 0.1) is 0 Å². The fourth-order valence-electron chi connectivity index (χ4n) is 1.51. The molecule has 1 aliphatic heterocycles. The molecule has 0 unspecified atom stereocenters. The number of nitrogens with one attached hydrogen (secondary N) is 1. The van der Waals surface area contributed by atoms with Crippen molar-refractivity contribution < 1.29 is 8.61 Å². The zero-order valence-corrected chi connectivity index (χ0v) is 10.0. The van der Waals surface area contributed by atoms with Crippen molar-refractivity contribution in [2.75, 3.05) is 6.54 Å². The van der Waals surface area contributed by atoms with Crippen molar-refractivity contribution in [3.8, 4) is 0 Å². The van der Waals surface area contributed by atoms with Crippen LogP contribution in [0.1, 0.15) is 12.8 Å². The topological polar surface area (TPSA) is 38.3 Å². The summed E-state index contributed by atoms with van der Waals surface area (Å²) >= 11 is -0.192. The molecule has 3 nitrogen and oxygen atoms in total. The predicted molar refractivity (Wildman–Crippen MR) is 58.9 cm³/mol. The molecule has 1 saturated heterocycles. The monoisotopic (exact) mass is 271 g/mol. The normalized spacial score (nSPS) is 20.1. The van der Waals surface area contributed by atoms with Crippen molar-refractivity contribution >= 4 is 25.7 Å². The van der Waals surface area contributed by atoms with Crippen molar-refractivity contribution in [3.05, 3.63) is 30.3 Å². The molecule has 0 bridgehead atoms. The summed E-state index contributed by atoms with van der Waals surface area (Å²) in [7, 11) is 0. The molecule has 1 aromatic carbocycles. The Bertz CT molecular complexity index is 323. The molecule has 1 N–H and O–H groups in total. The van der Waals surface area contributed by atoms with Crippen LogP contribution in [0.4, 0.5) is 0 Å². The Hall–Kier alpha value is -0.831. The van der Waals surface area contributed by atoms with Gasteiger partial charge in [0.25, 0.3) is 0 Å². The summed E-state index contributed by atoms with van der Waals surface area (Å²) in [5.74, 6) is -0.101. The molecule has 1 atom stereocenters. The van der Waals surface area contributed by atoms with E-state index >= 15 is 0 Å². The molecule has 0 spiro atoms. The van der Waals surface area contributed by atoms with Crippen LogP contribution in [0.5, 0.6) is 0 Å². The molecule has 1 fully saturated rings. The standard InChI is InChI=1S/C11H13NO2Se/c13-11(10-7-4-8-12-10)14-15-9-5-2-1-3-6-9/h1-3,5-6,10,12H,4,7-8H2/t10-/m0/s1. The van der Waals surface area contributed by atoms with E-state index in [0.717, 1.165) is 23.8 Å². The van der Waals surface area contributed by atoms with E-state index in [-0.39, 0.29) is 27.3 Å². The van der Waals surface area contributed by atoms with Crippen LogP contribution in [0.25, 0.3) is 0 Å². The molecule has 0 aliphatic carbocycles. The fraction of sp³-hybridized carbons (Fsp3) is 0.364. The van der Waals surface area contributed by atoms with Crippen LogP contribution in [-0.2, 0) is 8.61 Å². The van der Waals surface area contributed by atoms with Gasteiger partial charge >= 0.3 is 95.4 Å². The zero-order valence-electron chi connectivity index (χ0n) is 8.31. The molecule has 80 valence electrons. The zero-order chi connectivity index (χ0) is 10.5. The Labute approximate surface area is 95.7 Å². The Balaban J connectivity index is 1.80. The second-order valence-corrected chi connectivity index (χ2v) is 5.14. The molecular weight excluding hydrogens is 257 g/mol. The van der Waals surface area contributed by atoms with Gasteiger partial charge in [0.2, 0.25) is 0 Å². The Morgan fingerprint density at radius 3 is 2.87 bits per heavy atom. The first kappa shape index (κ1) is 10.7. The first-order valence-corrected chi connectivity index (χ1v) is 6.58. The molecule has 1 aliphatic rings. The van der Waals surface area contributed by atoms with Crippen LogP contribution in [0.2, 0.25) is 0 Å². The molecule has 0 radical (unpaired) electrons. The Kier molecular flexibility index (Phi) is 3.78. The van der Waals surface area contributed by atoms with Gasteiger partial charge in [-0.05, 0) is 0 Å². The maximum absolute atomic E-state index is 11.5. The number of hydrogen-bond acceptors (Lipinski definition) is 3. The third-order valence-electron chi connectivity index (χ3n) is 2.31. The molecule has 4 heteroatoms. The van der Waals surface area contributed by atoms with E-state index in [9.17, 15) is 4.79 Å². The summed E-state index contributed by atoms with van der Waals surface area (Å²) in [6.45, 7) is 0.929. The molecule has 0 aromatic heterocycles. The van der Waals surface area contributed by atoms with Gasteiger partial charge in [0, 0.05) is 0 Å². The van der Waals surface area contributed by atoms with Crippen molar-refractivity contribution in [1.82, 2.24) is 5.32 Å². The predicted octanol–water partition coefficient (Wildman–Crippen LogP) is 0.226. The summed E-state index contributed by atoms with van der Waals surface area (Å²) in [6, 6.07) is 9.76. The first-order valence-electron chi connectivity index (χ1n) is 5.03. The molecular formula is C11H13NO2Se. The van der Waals surface area contributed by atoms with Gasteiger partial charge in [-0.2, -0.15) is 0 Å². The number of carbonyl (C=O) groups is 1. The minimum absolute atomic E-state index is 0.0735. The van der Waals surface area contributed by atoms with Gasteiger partial charge in [-0.3, -0.25) is 0 Å². The molecule has 15 heavy (non-hydrogen) atoms. The second kappa shape index (κ2) is 5.31. The van der Waals surface area contributed by atoms with Crippen LogP contribution < -0.4 is 9.78 Å². The molecule has 1 aromatic rings. The van der Waals surface area contributed by atoms with Crippen molar-refractivity contribution in [3.63, 3.8) is 0 Å². The van der Waals surface area contributed by atoms with Crippen LogP contribution in [-0.4, -0.2) is 33.8 Å². The summed E-state index contributed by atoms with van der Waals surface area (Å²) in [4.78, 5) is 11.5. The van der Waals surface area contributed by atoms with E-state index in [1.165, 1.54) is 0 Å². The van der Waals surface area contributed by atoms with Crippen molar-refractivity contribution in [1.29, 1.82) is 0 Å². The van der Waals surface area contributed by atoms with E-state index in [1.807, 2.05) is 30.3 Å². The van der Waals surface area contributed by atoms with E-state index in [4.69, 9.17) is 3.82 Å². The van der Waals surface area contributed by atoms with Crippen LogP contribution in [0.3, 0.4) is 0 Å². The van der Waals surface area contributed by atoms with Gasteiger partial charge in [0.1, 0.15) is 0 Å². The summed E-state index contributed by atoms with van der Waals surface area (Å²) in [6.07, 6.45) is 1.97. The van der Waals surface area contributed by atoms with E-state index in [0.29, 0.717) is 0 Å². The SMILES string of the molecule is O=C(O[Se]c1ccccc1)[C@@H]1CCCN1. The van der Waals surface area contributed by atoms with Crippen molar-refractivity contribution in [2.24, 2.45) is 0 Å².